The number of nitrogens with zero attached hydrogens (tertiary/aromatic N) is 3. The maximum Gasteiger partial charge on any atom is 0.407 e. The number of aromatic nitrogens is 2. The zero-order chi connectivity index (χ0) is 19.9. The van der Waals surface area contributed by atoms with Gasteiger partial charge in [-0.15, -0.1) is 0 Å². The molecule has 1 aromatic rings. The van der Waals surface area contributed by atoms with Crippen LogP contribution >= 0.6 is 0 Å². The van der Waals surface area contributed by atoms with E-state index in [0.717, 1.165) is 25.8 Å². The number of rotatable bonds is 7. The molecule has 0 saturated carbocycles. The number of amides is 2. The Hall–Kier alpha value is -2.16. The van der Waals surface area contributed by atoms with E-state index in [2.05, 4.69) is 25.7 Å². The minimum absolute atomic E-state index is 0.00506. The summed E-state index contributed by atoms with van der Waals surface area (Å²) in [5.41, 5.74) is -0.533. The van der Waals surface area contributed by atoms with Gasteiger partial charge < -0.3 is 19.9 Å². The lowest BCUT2D eigenvalue weighted by molar-refractivity contribution is -0.126. The van der Waals surface area contributed by atoms with Crippen molar-refractivity contribution in [1.29, 1.82) is 0 Å². The molecule has 1 unspecified atom stereocenters. The molecule has 152 valence electrons. The summed E-state index contributed by atoms with van der Waals surface area (Å²) in [4.78, 5) is 30.4. The van der Waals surface area contributed by atoms with Crippen molar-refractivity contribution >= 4 is 12.0 Å². The van der Waals surface area contributed by atoms with Crippen LogP contribution in [0.1, 0.15) is 52.3 Å². The molecule has 0 aromatic carbocycles. The quantitative estimate of drug-likeness (QED) is 0.689. The summed E-state index contributed by atoms with van der Waals surface area (Å²) >= 11 is 0. The maximum atomic E-state index is 12.4. The highest BCUT2D eigenvalue weighted by Gasteiger charge is 2.26. The van der Waals surface area contributed by atoms with Gasteiger partial charge in [0.05, 0.1) is 12.5 Å². The molecular formula is C18H31N5O4. The topological polar surface area (TPSA) is 110 Å². The molecule has 0 spiro atoms. The highest BCUT2D eigenvalue weighted by Crippen LogP contribution is 2.18. The lowest BCUT2D eigenvalue weighted by atomic mass is 9.97. The Morgan fingerprint density at radius 1 is 1.30 bits per heavy atom. The average molecular weight is 381 g/mol. The molecule has 1 aliphatic rings. The molecule has 0 aliphatic carbocycles. The molecule has 2 amide bonds. The second-order valence-corrected chi connectivity index (χ2v) is 7.75. The van der Waals surface area contributed by atoms with E-state index in [1.807, 2.05) is 6.92 Å². The molecule has 1 aromatic heterocycles. The predicted octanol–water partition coefficient (Wildman–Crippen LogP) is 1.48. The molecule has 0 radical (unpaired) electrons. The second kappa shape index (κ2) is 9.68. The number of carbonyl (C=O) groups is 2. The number of hydrogen-bond acceptors (Lipinski definition) is 7. The van der Waals surface area contributed by atoms with Crippen LogP contribution in [0, 0.1) is 5.92 Å². The Balaban J connectivity index is 1.69. The van der Waals surface area contributed by atoms with E-state index in [9.17, 15) is 9.59 Å². The fourth-order valence-corrected chi connectivity index (χ4v) is 2.91. The van der Waals surface area contributed by atoms with Crippen LogP contribution in [0.3, 0.4) is 0 Å². The van der Waals surface area contributed by atoms with Crippen molar-refractivity contribution in [3.63, 3.8) is 0 Å². The highest BCUT2D eigenvalue weighted by atomic mass is 16.6. The number of alkyl carbamates (subject to hydrolysis) is 1. The van der Waals surface area contributed by atoms with Gasteiger partial charge in [0.25, 0.3) is 0 Å². The third-order valence-corrected chi connectivity index (χ3v) is 4.15. The number of piperidine rings is 1. The molecule has 1 aliphatic heterocycles. The van der Waals surface area contributed by atoms with Crippen molar-refractivity contribution in [3.8, 4) is 0 Å². The SMILES string of the molecule is CCc1noc(CN2CCCC(C(=O)NCCNC(=O)OC(C)(C)C)C2)n1. The first kappa shape index (κ1) is 21.1. The fraction of sp³-hybridized carbons (Fsp3) is 0.778. The van der Waals surface area contributed by atoms with E-state index < -0.39 is 11.7 Å². The van der Waals surface area contributed by atoms with E-state index in [0.29, 0.717) is 37.9 Å². The van der Waals surface area contributed by atoms with E-state index in [4.69, 9.17) is 9.26 Å². The Morgan fingerprint density at radius 2 is 2.04 bits per heavy atom. The Morgan fingerprint density at radius 3 is 2.70 bits per heavy atom. The molecule has 2 rings (SSSR count). The minimum atomic E-state index is -0.533. The third kappa shape index (κ3) is 7.54. The molecular weight excluding hydrogens is 350 g/mol. The first-order valence-electron chi connectivity index (χ1n) is 9.55. The van der Waals surface area contributed by atoms with Crippen molar-refractivity contribution in [2.45, 2.75) is 59.1 Å². The average Bonchev–Trinajstić information content (AvgIpc) is 3.05. The van der Waals surface area contributed by atoms with Crippen molar-refractivity contribution in [2.24, 2.45) is 5.92 Å². The van der Waals surface area contributed by atoms with E-state index in [1.165, 1.54) is 0 Å². The normalized spacial score (nSPS) is 18.1. The Kier molecular flexibility index (Phi) is 7.58. The van der Waals surface area contributed by atoms with Crippen LogP contribution in [0.25, 0.3) is 0 Å². The molecule has 1 fully saturated rings. The lowest BCUT2D eigenvalue weighted by Crippen LogP contribution is -2.44. The summed E-state index contributed by atoms with van der Waals surface area (Å²) in [6.45, 7) is 10.2. The van der Waals surface area contributed by atoms with Gasteiger partial charge in [-0.3, -0.25) is 9.69 Å². The number of ether oxygens (including phenoxy) is 1. The third-order valence-electron chi connectivity index (χ3n) is 4.15. The first-order chi connectivity index (χ1) is 12.8. The highest BCUT2D eigenvalue weighted by molar-refractivity contribution is 5.79. The van der Waals surface area contributed by atoms with Gasteiger partial charge in [-0.25, -0.2) is 4.79 Å². The minimum Gasteiger partial charge on any atom is -0.444 e. The summed E-state index contributed by atoms with van der Waals surface area (Å²) in [6.07, 6.45) is 2.06. The number of aryl methyl sites for hydroxylation is 1. The molecule has 9 heteroatoms. The fourth-order valence-electron chi connectivity index (χ4n) is 2.91. The van der Waals surface area contributed by atoms with Gasteiger partial charge in [0, 0.05) is 26.1 Å². The second-order valence-electron chi connectivity index (χ2n) is 7.75. The van der Waals surface area contributed by atoms with Crippen LogP contribution in [-0.4, -0.2) is 58.8 Å². The van der Waals surface area contributed by atoms with E-state index in [1.54, 1.807) is 20.8 Å². The Labute approximate surface area is 160 Å². The molecule has 1 saturated heterocycles. The Bertz CT molecular complexity index is 626. The van der Waals surface area contributed by atoms with Crippen molar-refractivity contribution in [1.82, 2.24) is 25.7 Å². The predicted molar refractivity (Wildman–Crippen MR) is 98.9 cm³/mol. The van der Waals surface area contributed by atoms with Gasteiger partial charge in [0.15, 0.2) is 5.82 Å². The van der Waals surface area contributed by atoms with Gasteiger partial charge in [-0.05, 0) is 40.2 Å². The van der Waals surface area contributed by atoms with Crippen molar-refractivity contribution in [2.75, 3.05) is 26.2 Å². The number of nitrogens with one attached hydrogen (secondary N) is 2. The van der Waals surface area contributed by atoms with Crippen LogP contribution < -0.4 is 10.6 Å². The van der Waals surface area contributed by atoms with Crippen LogP contribution in [0.15, 0.2) is 4.52 Å². The monoisotopic (exact) mass is 381 g/mol. The summed E-state index contributed by atoms with van der Waals surface area (Å²) in [7, 11) is 0. The largest absolute Gasteiger partial charge is 0.444 e. The van der Waals surface area contributed by atoms with Crippen LogP contribution in [0.2, 0.25) is 0 Å². The molecule has 2 N–H and O–H groups in total. The van der Waals surface area contributed by atoms with Crippen LogP contribution in [-0.2, 0) is 22.5 Å². The number of hydrogen-bond donors (Lipinski definition) is 2. The summed E-state index contributed by atoms with van der Waals surface area (Å²) in [5.74, 6) is 1.22. The van der Waals surface area contributed by atoms with Crippen molar-refractivity contribution < 1.29 is 18.8 Å². The molecule has 1 atom stereocenters. The van der Waals surface area contributed by atoms with Crippen LogP contribution in [0.5, 0.6) is 0 Å². The maximum absolute atomic E-state index is 12.4. The van der Waals surface area contributed by atoms with E-state index in [-0.39, 0.29) is 11.8 Å². The summed E-state index contributed by atoms with van der Waals surface area (Å²) < 4.78 is 10.4. The molecule has 2 heterocycles. The standard InChI is InChI=1S/C18H31N5O4/c1-5-14-21-15(27-22-14)12-23-10-6-7-13(11-23)16(24)19-8-9-20-17(25)26-18(2,3)4/h13H,5-12H2,1-4H3,(H,19,24)(H,20,25). The summed E-state index contributed by atoms with van der Waals surface area (Å²) in [6, 6.07) is 0. The van der Waals surface area contributed by atoms with Gasteiger partial charge in [0.1, 0.15) is 5.60 Å². The van der Waals surface area contributed by atoms with Gasteiger partial charge in [-0.1, -0.05) is 12.1 Å². The summed E-state index contributed by atoms with van der Waals surface area (Å²) in [5, 5.41) is 9.42. The van der Waals surface area contributed by atoms with E-state index >= 15 is 0 Å². The zero-order valence-electron chi connectivity index (χ0n) is 16.7. The van der Waals surface area contributed by atoms with Gasteiger partial charge in [-0.2, -0.15) is 4.98 Å². The molecule has 27 heavy (non-hydrogen) atoms. The zero-order valence-corrected chi connectivity index (χ0v) is 16.7. The number of carbonyl (C=O) groups excluding carboxylic acids is 2. The first-order valence-corrected chi connectivity index (χ1v) is 9.55. The molecule has 0 bridgehead atoms. The number of likely N-dealkylation sites (tertiary alicyclic amines) is 1. The van der Waals surface area contributed by atoms with Gasteiger partial charge in [0.2, 0.25) is 11.8 Å². The molecule has 9 nitrogen and oxygen atoms in total. The smallest absolute Gasteiger partial charge is 0.407 e. The van der Waals surface area contributed by atoms with Gasteiger partial charge >= 0.3 is 6.09 Å². The van der Waals surface area contributed by atoms with Crippen LogP contribution in [0.4, 0.5) is 4.79 Å². The van der Waals surface area contributed by atoms with Crippen molar-refractivity contribution in [3.05, 3.63) is 11.7 Å². The lowest BCUT2D eigenvalue weighted by Gasteiger charge is -2.30.